The van der Waals surface area contributed by atoms with Gasteiger partial charge >= 0.3 is 6.18 Å². The van der Waals surface area contributed by atoms with Gasteiger partial charge in [-0.05, 0) is 24.6 Å². The van der Waals surface area contributed by atoms with E-state index in [9.17, 15) is 13.2 Å². The van der Waals surface area contributed by atoms with Gasteiger partial charge in [0.25, 0.3) is 0 Å². The zero-order chi connectivity index (χ0) is 19.9. The summed E-state index contributed by atoms with van der Waals surface area (Å²) in [6.45, 7) is 3.65. The second-order valence-corrected chi connectivity index (χ2v) is 6.72. The van der Waals surface area contributed by atoms with Crippen molar-refractivity contribution in [3.63, 3.8) is 0 Å². The average Bonchev–Trinajstić information content (AvgIpc) is 3.10. The Balaban J connectivity index is 0.00000392. The Bertz CT molecular complexity index is 750. The summed E-state index contributed by atoms with van der Waals surface area (Å²) in [5, 5.41) is 4.64. The molecule has 1 aromatic carbocycles. The van der Waals surface area contributed by atoms with Gasteiger partial charge in [-0.3, -0.25) is 4.99 Å². The van der Waals surface area contributed by atoms with Crippen molar-refractivity contribution in [2.75, 3.05) is 27.2 Å². The van der Waals surface area contributed by atoms with Crippen LogP contribution in [0.2, 0.25) is 0 Å². The van der Waals surface area contributed by atoms with E-state index in [1.165, 1.54) is 0 Å². The average molecular weight is 528 g/mol. The van der Waals surface area contributed by atoms with Crippen molar-refractivity contribution in [1.29, 1.82) is 0 Å². The van der Waals surface area contributed by atoms with Crippen LogP contribution in [-0.2, 0) is 19.1 Å². The van der Waals surface area contributed by atoms with Gasteiger partial charge in [-0.25, -0.2) is 4.98 Å². The predicted molar refractivity (Wildman–Crippen MR) is 117 cm³/mol. The molecule has 0 unspecified atom stereocenters. The quantitative estimate of drug-likeness (QED) is 0.329. The molecule has 10 heteroatoms. The summed E-state index contributed by atoms with van der Waals surface area (Å²) in [4.78, 5) is 9.79. The van der Waals surface area contributed by atoms with Crippen LogP contribution in [0.25, 0.3) is 0 Å². The maximum Gasteiger partial charge on any atom is 0.434 e. The lowest BCUT2D eigenvalue weighted by Gasteiger charge is -2.22. The lowest BCUT2D eigenvalue weighted by molar-refractivity contribution is -0.140. The second kappa shape index (κ2) is 11.4. The maximum atomic E-state index is 12.6. The highest BCUT2D eigenvalue weighted by Crippen LogP contribution is 2.30. The summed E-state index contributed by atoms with van der Waals surface area (Å²) in [6.07, 6.45) is -3.99. The molecule has 1 heterocycles. The SMILES string of the molecule is CCOc1ccc(CN(C)C(=NC)NCCc2nc(C(F)(F)F)cs2)cc1.I. The highest BCUT2D eigenvalue weighted by Gasteiger charge is 2.33. The fraction of sp³-hybridized carbons (Fsp3) is 0.444. The summed E-state index contributed by atoms with van der Waals surface area (Å²) < 4.78 is 43.2. The van der Waals surface area contributed by atoms with Gasteiger partial charge in [0.1, 0.15) is 5.75 Å². The Labute approximate surface area is 184 Å². The van der Waals surface area contributed by atoms with E-state index in [0.717, 1.165) is 28.0 Å². The monoisotopic (exact) mass is 528 g/mol. The van der Waals surface area contributed by atoms with Crippen molar-refractivity contribution in [3.8, 4) is 5.75 Å². The number of hydrogen-bond acceptors (Lipinski definition) is 4. The zero-order valence-corrected chi connectivity index (χ0v) is 19.1. The number of aliphatic imine (C=N–C) groups is 1. The van der Waals surface area contributed by atoms with Crippen LogP contribution >= 0.6 is 35.3 Å². The number of aromatic nitrogens is 1. The summed E-state index contributed by atoms with van der Waals surface area (Å²) in [7, 11) is 3.57. The molecule has 2 aromatic rings. The molecule has 156 valence electrons. The van der Waals surface area contributed by atoms with Crippen LogP contribution in [0.15, 0.2) is 34.6 Å². The predicted octanol–water partition coefficient (Wildman–Crippen LogP) is 4.43. The number of ether oxygens (including phenoxy) is 1. The van der Waals surface area contributed by atoms with Crippen LogP contribution in [0.5, 0.6) is 5.75 Å². The first-order valence-corrected chi connectivity index (χ1v) is 9.36. The number of rotatable bonds is 7. The van der Waals surface area contributed by atoms with Crippen molar-refractivity contribution in [2.24, 2.45) is 4.99 Å². The molecule has 0 aliphatic carbocycles. The molecule has 0 amide bonds. The normalized spacial score (nSPS) is 11.7. The second-order valence-electron chi connectivity index (χ2n) is 5.78. The Morgan fingerprint density at radius 3 is 2.50 bits per heavy atom. The van der Waals surface area contributed by atoms with Crippen LogP contribution in [0.3, 0.4) is 0 Å². The fourth-order valence-electron chi connectivity index (χ4n) is 2.43. The molecule has 0 atom stereocenters. The molecule has 0 aliphatic rings. The molecule has 0 fully saturated rings. The molecule has 1 N–H and O–H groups in total. The molecule has 2 rings (SSSR count). The van der Waals surface area contributed by atoms with Crippen LogP contribution in [0.4, 0.5) is 13.2 Å². The van der Waals surface area contributed by atoms with Gasteiger partial charge in [0, 0.05) is 39.0 Å². The molecule has 0 spiro atoms. The maximum absolute atomic E-state index is 12.6. The largest absolute Gasteiger partial charge is 0.494 e. The van der Waals surface area contributed by atoms with Crippen molar-refractivity contribution < 1.29 is 17.9 Å². The Kier molecular flexibility index (Phi) is 10.0. The van der Waals surface area contributed by atoms with Gasteiger partial charge in [0.2, 0.25) is 0 Å². The van der Waals surface area contributed by atoms with Crippen molar-refractivity contribution in [3.05, 3.63) is 45.9 Å². The Morgan fingerprint density at radius 2 is 1.96 bits per heavy atom. The van der Waals surface area contributed by atoms with E-state index in [0.29, 0.717) is 37.1 Å². The van der Waals surface area contributed by atoms with Crippen LogP contribution in [-0.4, -0.2) is 43.1 Å². The minimum atomic E-state index is -4.39. The summed E-state index contributed by atoms with van der Waals surface area (Å²) in [5.41, 5.74) is 0.262. The van der Waals surface area contributed by atoms with Gasteiger partial charge in [-0.1, -0.05) is 12.1 Å². The van der Waals surface area contributed by atoms with Crippen molar-refractivity contribution in [2.45, 2.75) is 26.1 Å². The molecule has 1 aromatic heterocycles. The molecule has 0 saturated heterocycles. The number of thiazole rings is 1. The van der Waals surface area contributed by atoms with E-state index in [1.54, 1.807) is 7.05 Å². The van der Waals surface area contributed by atoms with E-state index in [1.807, 2.05) is 43.1 Å². The third kappa shape index (κ3) is 7.46. The zero-order valence-electron chi connectivity index (χ0n) is 15.9. The first-order valence-electron chi connectivity index (χ1n) is 8.48. The Morgan fingerprint density at radius 1 is 1.29 bits per heavy atom. The van der Waals surface area contributed by atoms with E-state index >= 15 is 0 Å². The van der Waals surface area contributed by atoms with Gasteiger partial charge in [-0.2, -0.15) is 13.2 Å². The topological polar surface area (TPSA) is 49.8 Å². The molecular weight excluding hydrogens is 504 g/mol. The number of nitrogens with zero attached hydrogens (tertiary/aromatic N) is 3. The number of hydrogen-bond donors (Lipinski definition) is 1. The third-order valence-corrected chi connectivity index (χ3v) is 4.60. The standard InChI is InChI=1S/C18H23F3N4OS.HI/c1-4-26-14-7-5-13(6-8-14)11-25(3)17(22-2)23-10-9-16-24-15(12-27-16)18(19,20)21;/h5-8,12H,4,9-11H2,1-3H3,(H,22,23);1H. The highest BCUT2D eigenvalue weighted by atomic mass is 127. The van der Waals surface area contributed by atoms with Gasteiger partial charge in [-0.15, -0.1) is 35.3 Å². The van der Waals surface area contributed by atoms with E-state index < -0.39 is 11.9 Å². The van der Waals surface area contributed by atoms with Crippen LogP contribution in [0.1, 0.15) is 23.2 Å². The third-order valence-electron chi connectivity index (χ3n) is 3.69. The van der Waals surface area contributed by atoms with E-state index in [2.05, 4.69) is 15.3 Å². The van der Waals surface area contributed by atoms with Crippen LogP contribution < -0.4 is 10.1 Å². The number of guanidine groups is 1. The minimum absolute atomic E-state index is 0. The highest BCUT2D eigenvalue weighted by molar-refractivity contribution is 14.0. The van der Waals surface area contributed by atoms with E-state index in [4.69, 9.17) is 4.74 Å². The molecule has 5 nitrogen and oxygen atoms in total. The lowest BCUT2D eigenvalue weighted by Crippen LogP contribution is -2.39. The summed E-state index contributed by atoms with van der Waals surface area (Å²) in [6, 6.07) is 7.82. The van der Waals surface area contributed by atoms with Gasteiger partial charge in [0.05, 0.1) is 11.6 Å². The number of alkyl halides is 3. The number of benzene rings is 1. The Hall–Kier alpha value is -1.56. The molecule has 0 aliphatic heterocycles. The van der Waals surface area contributed by atoms with Crippen LogP contribution in [0, 0.1) is 0 Å². The summed E-state index contributed by atoms with van der Waals surface area (Å²) >= 11 is 1.02. The minimum Gasteiger partial charge on any atom is -0.494 e. The van der Waals surface area contributed by atoms with Gasteiger partial charge in [0.15, 0.2) is 11.7 Å². The summed E-state index contributed by atoms with van der Waals surface area (Å²) in [5.74, 6) is 1.49. The molecular formula is C18H24F3IN4OS. The molecule has 0 saturated carbocycles. The number of halogens is 4. The van der Waals surface area contributed by atoms with Crippen molar-refractivity contribution >= 4 is 41.3 Å². The molecule has 28 heavy (non-hydrogen) atoms. The van der Waals surface area contributed by atoms with E-state index in [-0.39, 0.29) is 24.0 Å². The van der Waals surface area contributed by atoms with Gasteiger partial charge < -0.3 is 15.0 Å². The van der Waals surface area contributed by atoms with Crippen molar-refractivity contribution in [1.82, 2.24) is 15.2 Å². The molecule has 0 radical (unpaired) electrons. The number of nitrogens with one attached hydrogen (secondary N) is 1. The first-order chi connectivity index (χ1) is 12.8. The first kappa shape index (κ1) is 24.5. The smallest absolute Gasteiger partial charge is 0.434 e. The molecule has 0 bridgehead atoms. The fourth-order valence-corrected chi connectivity index (χ4v) is 3.23. The lowest BCUT2D eigenvalue weighted by atomic mass is 10.2.